The molecule has 0 spiro atoms. The molecule has 2 atom stereocenters. The minimum Gasteiger partial charge on any atom is -0.493 e. The lowest BCUT2D eigenvalue weighted by molar-refractivity contribution is -0.140. The van der Waals surface area contributed by atoms with E-state index in [1.165, 1.54) is 0 Å². The number of rotatable bonds is 10. The summed E-state index contributed by atoms with van der Waals surface area (Å²) in [5.74, 6) is -3.62. The Kier molecular flexibility index (Phi) is 7.08. The summed E-state index contributed by atoms with van der Waals surface area (Å²) in [4.78, 5) is 45.4. The Morgan fingerprint density at radius 1 is 1.15 bits per heavy atom. The number of nitrogens with two attached hydrogens (primary N) is 1. The van der Waals surface area contributed by atoms with Gasteiger partial charge in [-0.25, -0.2) is 4.79 Å². The third-order valence-corrected chi connectivity index (χ3v) is 5.17. The summed E-state index contributed by atoms with van der Waals surface area (Å²) in [5, 5.41) is 34.2. The summed E-state index contributed by atoms with van der Waals surface area (Å²) in [6, 6.07) is 5.22. The number of hydrogen-bond acceptors (Lipinski definition) is 8. The zero-order chi connectivity index (χ0) is 24.1. The molecular formula is C21H24N6O6. The third kappa shape index (κ3) is 5.36. The van der Waals surface area contributed by atoms with Gasteiger partial charge in [0.05, 0.1) is 5.39 Å². The number of aromatic nitrogens is 3. The molecule has 0 saturated heterocycles. The van der Waals surface area contributed by atoms with Crippen molar-refractivity contribution in [2.45, 2.75) is 24.8 Å². The Bertz CT molecular complexity index is 1180. The predicted molar refractivity (Wildman–Crippen MR) is 118 cm³/mol. The van der Waals surface area contributed by atoms with Crippen molar-refractivity contribution in [2.75, 3.05) is 19.3 Å². The van der Waals surface area contributed by atoms with Crippen LogP contribution < -0.4 is 16.4 Å². The molecule has 0 aliphatic rings. The molecule has 0 bridgehead atoms. The molecule has 8 N–H and O–H groups in total. The number of aromatic hydroxyl groups is 1. The Balaban J connectivity index is 1.84. The summed E-state index contributed by atoms with van der Waals surface area (Å²) in [7, 11) is 1.78. The largest absolute Gasteiger partial charge is 0.493 e. The van der Waals surface area contributed by atoms with Crippen molar-refractivity contribution < 1.29 is 29.7 Å². The van der Waals surface area contributed by atoms with Crippen LogP contribution >= 0.6 is 0 Å². The van der Waals surface area contributed by atoms with Crippen LogP contribution in [0.15, 0.2) is 30.5 Å². The summed E-state index contributed by atoms with van der Waals surface area (Å²) in [6.07, 6.45) is 1.10. The van der Waals surface area contributed by atoms with Gasteiger partial charge in [-0.2, -0.15) is 9.97 Å². The monoisotopic (exact) mass is 456 g/mol. The maximum absolute atomic E-state index is 12.5. The van der Waals surface area contributed by atoms with E-state index in [0.717, 1.165) is 11.1 Å². The van der Waals surface area contributed by atoms with E-state index in [1.54, 1.807) is 37.5 Å². The van der Waals surface area contributed by atoms with Gasteiger partial charge in [0.25, 0.3) is 5.91 Å². The lowest BCUT2D eigenvalue weighted by atomic mass is 9.90. The average molecular weight is 456 g/mol. The number of carbonyl (C=O) groups excluding carboxylic acids is 1. The first-order chi connectivity index (χ1) is 15.7. The topological polar surface area (TPSA) is 204 Å². The van der Waals surface area contributed by atoms with Gasteiger partial charge in [-0.15, -0.1) is 0 Å². The molecule has 1 aromatic carbocycles. The van der Waals surface area contributed by atoms with Crippen LogP contribution in [0.2, 0.25) is 0 Å². The van der Waals surface area contributed by atoms with Crippen molar-refractivity contribution in [3.05, 3.63) is 47.2 Å². The van der Waals surface area contributed by atoms with Crippen LogP contribution in [0.4, 0.5) is 5.95 Å². The molecule has 174 valence electrons. The van der Waals surface area contributed by atoms with E-state index in [1.807, 2.05) is 0 Å². The summed E-state index contributed by atoms with van der Waals surface area (Å²) >= 11 is 0. The number of benzene rings is 1. The molecule has 0 aliphatic carbocycles. The van der Waals surface area contributed by atoms with E-state index in [0.29, 0.717) is 17.6 Å². The van der Waals surface area contributed by atoms with E-state index in [4.69, 9.17) is 10.8 Å². The average Bonchev–Trinajstić information content (AvgIpc) is 3.18. The number of carboxylic acids is 2. The summed E-state index contributed by atoms with van der Waals surface area (Å²) < 4.78 is 0. The number of aromatic amines is 1. The van der Waals surface area contributed by atoms with Crippen LogP contribution in [0, 0.1) is 0 Å². The number of hydrogen-bond donors (Lipinski definition) is 7. The maximum Gasteiger partial charge on any atom is 0.326 e. The minimum absolute atomic E-state index is 0.0584. The van der Waals surface area contributed by atoms with Crippen LogP contribution in [0.25, 0.3) is 11.0 Å². The summed E-state index contributed by atoms with van der Waals surface area (Å²) in [6.45, 7) is 0.499. The Morgan fingerprint density at radius 3 is 2.45 bits per heavy atom. The van der Waals surface area contributed by atoms with E-state index in [-0.39, 0.29) is 36.2 Å². The number of anilines is 1. The van der Waals surface area contributed by atoms with E-state index < -0.39 is 23.9 Å². The fourth-order valence-electron chi connectivity index (χ4n) is 3.57. The van der Waals surface area contributed by atoms with Crippen molar-refractivity contribution >= 4 is 34.8 Å². The molecule has 12 heteroatoms. The lowest BCUT2D eigenvalue weighted by Gasteiger charge is -2.18. The fraction of sp³-hybridized carbons (Fsp3) is 0.286. The standard InChI is InChI=1S/C21H24N6O6/c1-23-8-12(13-9-24-17-16(13)19(31)27-21(22)26-17)10-2-4-11(5-3-10)18(30)25-14(20(32)33)6-7-15(28)29/h2-5,9,12,14,23H,6-8H2,1H3,(H,25,30)(H,28,29)(H,32,33)(H4,22,24,26,27,31)/t12?,14-/m0/s1. The number of nitrogen functional groups attached to an aromatic ring is 1. The molecule has 2 aromatic heterocycles. The molecule has 1 unspecified atom stereocenters. The number of nitrogens with one attached hydrogen (secondary N) is 3. The second-order valence-corrected chi connectivity index (χ2v) is 7.40. The van der Waals surface area contributed by atoms with E-state index in [9.17, 15) is 24.6 Å². The van der Waals surface area contributed by atoms with Gasteiger partial charge in [0, 0.05) is 30.6 Å². The van der Waals surface area contributed by atoms with Crippen LogP contribution in [0.1, 0.15) is 40.2 Å². The third-order valence-electron chi connectivity index (χ3n) is 5.17. The first kappa shape index (κ1) is 23.5. The molecule has 0 saturated carbocycles. The molecule has 3 aromatic rings. The second kappa shape index (κ2) is 9.96. The molecule has 3 rings (SSSR count). The van der Waals surface area contributed by atoms with Crippen LogP contribution in [-0.4, -0.2) is 67.8 Å². The Morgan fingerprint density at radius 2 is 1.85 bits per heavy atom. The smallest absolute Gasteiger partial charge is 0.326 e. The lowest BCUT2D eigenvalue weighted by Crippen LogP contribution is -2.41. The number of aliphatic carboxylic acids is 2. The number of nitrogens with zero attached hydrogens (tertiary/aromatic N) is 2. The Hall–Kier alpha value is -4.19. The first-order valence-electron chi connectivity index (χ1n) is 10.0. The van der Waals surface area contributed by atoms with Gasteiger partial charge in [0.15, 0.2) is 0 Å². The van der Waals surface area contributed by atoms with Crippen LogP contribution in [0.5, 0.6) is 5.88 Å². The summed E-state index contributed by atoms with van der Waals surface area (Å²) in [5.41, 5.74) is 7.76. The number of likely N-dealkylation sites (N-methyl/N-ethyl adjacent to an activating group) is 1. The van der Waals surface area contributed by atoms with Gasteiger partial charge in [0.2, 0.25) is 11.8 Å². The number of carboxylic acid groups (broad SMARTS) is 2. The minimum atomic E-state index is -1.31. The highest BCUT2D eigenvalue weighted by Crippen LogP contribution is 2.34. The SMILES string of the molecule is CNCC(c1ccc(C(=O)N[C@@H](CCC(=O)O)C(=O)O)cc1)c1c[nH]c2nc(N)nc(O)c12. The van der Waals surface area contributed by atoms with Gasteiger partial charge in [-0.1, -0.05) is 12.1 Å². The molecule has 33 heavy (non-hydrogen) atoms. The van der Waals surface area contributed by atoms with Crippen molar-refractivity contribution in [1.82, 2.24) is 25.6 Å². The molecule has 1 amide bonds. The van der Waals surface area contributed by atoms with Crippen molar-refractivity contribution in [3.63, 3.8) is 0 Å². The van der Waals surface area contributed by atoms with E-state index >= 15 is 0 Å². The maximum atomic E-state index is 12.5. The first-order valence-corrected chi connectivity index (χ1v) is 10.0. The highest BCUT2D eigenvalue weighted by atomic mass is 16.4. The van der Waals surface area contributed by atoms with Crippen molar-refractivity contribution in [1.29, 1.82) is 0 Å². The normalized spacial score (nSPS) is 12.9. The highest BCUT2D eigenvalue weighted by Gasteiger charge is 2.24. The molecule has 0 radical (unpaired) electrons. The number of carbonyl (C=O) groups is 3. The molecule has 0 aliphatic heterocycles. The quantitative estimate of drug-likeness (QED) is 0.227. The van der Waals surface area contributed by atoms with Crippen molar-refractivity contribution in [3.8, 4) is 5.88 Å². The second-order valence-electron chi connectivity index (χ2n) is 7.40. The van der Waals surface area contributed by atoms with Crippen molar-refractivity contribution in [2.24, 2.45) is 0 Å². The molecule has 12 nitrogen and oxygen atoms in total. The highest BCUT2D eigenvalue weighted by molar-refractivity contribution is 5.96. The van der Waals surface area contributed by atoms with Gasteiger partial charge >= 0.3 is 11.9 Å². The zero-order valence-electron chi connectivity index (χ0n) is 17.7. The molecular weight excluding hydrogens is 432 g/mol. The van der Waals surface area contributed by atoms with Crippen LogP contribution in [0.3, 0.4) is 0 Å². The fourth-order valence-corrected chi connectivity index (χ4v) is 3.57. The zero-order valence-corrected chi connectivity index (χ0v) is 17.7. The predicted octanol–water partition coefficient (Wildman–Crippen LogP) is 0.645. The van der Waals surface area contributed by atoms with Gasteiger partial charge in [0.1, 0.15) is 11.7 Å². The number of H-pyrrole nitrogens is 1. The van der Waals surface area contributed by atoms with Crippen LogP contribution in [-0.2, 0) is 9.59 Å². The van der Waals surface area contributed by atoms with Gasteiger partial charge in [-0.3, -0.25) is 9.59 Å². The Labute approximate surface area is 187 Å². The molecule has 0 fully saturated rings. The number of fused-ring (bicyclic) bond motifs is 1. The van der Waals surface area contributed by atoms with E-state index in [2.05, 4.69) is 25.6 Å². The molecule has 2 heterocycles. The number of amides is 1. The van der Waals surface area contributed by atoms with Gasteiger partial charge < -0.3 is 36.7 Å². The van der Waals surface area contributed by atoms with Gasteiger partial charge in [-0.05, 0) is 36.7 Å².